The number of carbonyl (C=O) groups is 2. The van der Waals surface area contributed by atoms with Crippen LogP contribution in [-0.4, -0.2) is 27.2 Å². The number of nitrogens with two attached hydrogens (primary N) is 1. The minimum absolute atomic E-state index is 0.0694. The van der Waals surface area contributed by atoms with Gasteiger partial charge in [0, 0.05) is 0 Å². The summed E-state index contributed by atoms with van der Waals surface area (Å²) in [5, 5.41) is 17.1. The Hall–Kier alpha value is -1.70. The number of nitrogens with zero attached hydrogens (tertiary/aromatic N) is 2. The smallest absolute Gasteiger partial charge is 0.394 e. The van der Waals surface area contributed by atoms with Crippen molar-refractivity contribution in [3.8, 4) is 0 Å². The van der Waals surface area contributed by atoms with Crippen molar-refractivity contribution in [3.63, 3.8) is 0 Å². The van der Waals surface area contributed by atoms with E-state index in [4.69, 9.17) is 10.8 Å². The van der Waals surface area contributed by atoms with E-state index in [1.54, 1.807) is 0 Å². The molecule has 4 N–H and O–H groups in total. The molecular weight excluding hydrogens is 184 g/mol. The van der Waals surface area contributed by atoms with Gasteiger partial charge in [-0.1, -0.05) is 11.3 Å². The molecular formula is C4H4N4O3S. The molecule has 0 aliphatic carbocycles. The van der Waals surface area contributed by atoms with Crippen LogP contribution >= 0.6 is 11.3 Å². The molecule has 0 atom stereocenters. The molecule has 0 radical (unpaired) electrons. The van der Waals surface area contributed by atoms with E-state index >= 15 is 0 Å². The zero-order valence-electron chi connectivity index (χ0n) is 5.64. The summed E-state index contributed by atoms with van der Waals surface area (Å²) in [5.74, 6) is -2.74. The van der Waals surface area contributed by atoms with E-state index < -0.39 is 11.9 Å². The van der Waals surface area contributed by atoms with Crippen molar-refractivity contribution in [3.05, 3.63) is 0 Å². The van der Waals surface area contributed by atoms with Gasteiger partial charge in [0.1, 0.15) is 0 Å². The van der Waals surface area contributed by atoms with Crippen LogP contribution in [0.4, 0.5) is 10.3 Å². The van der Waals surface area contributed by atoms with Crippen LogP contribution in [-0.2, 0) is 9.59 Å². The summed E-state index contributed by atoms with van der Waals surface area (Å²) in [6, 6.07) is 0. The number of hydrogen-bond donors (Lipinski definition) is 3. The Morgan fingerprint density at radius 2 is 2.17 bits per heavy atom. The number of amides is 1. The lowest BCUT2D eigenvalue weighted by Crippen LogP contribution is -2.21. The monoisotopic (exact) mass is 188 g/mol. The average Bonchev–Trinajstić information content (AvgIpc) is 2.35. The molecule has 64 valence electrons. The first kappa shape index (κ1) is 8.40. The molecule has 0 fully saturated rings. The van der Waals surface area contributed by atoms with Gasteiger partial charge in [-0.05, 0) is 0 Å². The molecule has 0 bridgehead atoms. The Morgan fingerprint density at radius 3 is 2.58 bits per heavy atom. The van der Waals surface area contributed by atoms with Crippen LogP contribution in [0.15, 0.2) is 0 Å². The zero-order chi connectivity index (χ0) is 9.14. The van der Waals surface area contributed by atoms with E-state index in [2.05, 4.69) is 10.2 Å². The molecule has 1 rings (SSSR count). The quantitative estimate of drug-likeness (QED) is 0.493. The van der Waals surface area contributed by atoms with Gasteiger partial charge in [-0.25, -0.2) is 4.79 Å². The highest BCUT2D eigenvalue weighted by Crippen LogP contribution is 2.15. The minimum atomic E-state index is -1.58. The van der Waals surface area contributed by atoms with Crippen LogP contribution < -0.4 is 11.1 Å². The summed E-state index contributed by atoms with van der Waals surface area (Å²) in [7, 11) is 0. The summed E-state index contributed by atoms with van der Waals surface area (Å²) in [6.07, 6.45) is 0. The van der Waals surface area contributed by atoms with Crippen LogP contribution in [0.2, 0.25) is 0 Å². The van der Waals surface area contributed by atoms with E-state index in [9.17, 15) is 9.59 Å². The molecule has 1 aromatic heterocycles. The van der Waals surface area contributed by atoms with Gasteiger partial charge in [-0.2, -0.15) is 0 Å². The third-order valence-corrected chi connectivity index (χ3v) is 1.52. The van der Waals surface area contributed by atoms with Gasteiger partial charge in [0.15, 0.2) is 0 Å². The van der Waals surface area contributed by atoms with Crippen LogP contribution in [0.25, 0.3) is 0 Å². The Morgan fingerprint density at radius 1 is 1.50 bits per heavy atom. The number of carboxylic acids is 1. The minimum Gasteiger partial charge on any atom is -0.474 e. The normalized spacial score (nSPS) is 9.33. The molecule has 0 unspecified atom stereocenters. The first-order valence-corrected chi connectivity index (χ1v) is 3.54. The SMILES string of the molecule is Nc1nnc(NC(=O)C(=O)O)s1. The topological polar surface area (TPSA) is 118 Å². The maximum atomic E-state index is 10.5. The predicted molar refractivity (Wildman–Crippen MR) is 40.6 cm³/mol. The van der Waals surface area contributed by atoms with Crippen LogP contribution in [0.5, 0.6) is 0 Å². The van der Waals surface area contributed by atoms with Gasteiger partial charge >= 0.3 is 11.9 Å². The molecule has 8 heteroatoms. The molecule has 0 saturated heterocycles. The molecule has 0 aliphatic rings. The Balaban J connectivity index is 2.64. The van der Waals surface area contributed by atoms with Crippen molar-refractivity contribution < 1.29 is 14.7 Å². The van der Waals surface area contributed by atoms with E-state index in [1.807, 2.05) is 5.32 Å². The molecule has 0 saturated carbocycles. The van der Waals surface area contributed by atoms with E-state index in [-0.39, 0.29) is 10.3 Å². The summed E-state index contributed by atoms with van der Waals surface area (Å²) in [4.78, 5) is 20.5. The summed E-state index contributed by atoms with van der Waals surface area (Å²) >= 11 is 0.894. The summed E-state index contributed by atoms with van der Waals surface area (Å²) in [5.41, 5.74) is 5.18. The molecule has 0 aliphatic heterocycles. The average molecular weight is 188 g/mol. The zero-order valence-corrected chi connectivity index (χ0v) is 6.46. The van der Waals surface area contributed by atoms with E-state index in [0.717, 1.165) is 11.3 Å². The molecule has 1 heterocycles. The van der Waals surface area contributed by atoms with Gasteiger partial charge < -0.3 is 10.8 Å². The van der Waals surface area contributed by atoms with Crippen molar-refractivity contribution in [2.24, 2.45) is 0 Å². The second-order valence-electron chi connectivity index (χ2n) is 1.70. The van der Waals surface area contributed by atoms with Gasteiger partial charge in [0.25, 0.3) is 0 Å². The van der Waals surface area contributed by atoms with E-state index in [1.165, 1.54) is 0 Å². The maximum absolute atomic E-state index is 10.5. The van der Waals surface area contributed by atoms with Crippen molar-refractivity contribution in [2.75, 3.05) is 11.1 Å². The fourth-order valence-corrected chi connectivity index (χ4v) is 0.941. The lowest BCUT2D eigenvalue weighted by Gasteiger charge is -1.92. The Kier molecular flexibility index (Phi) is 2.19. The summed E-state index contributed by atoms with van der Waals surface area (Å²) in [6.45, 7) is 0. The second kappa shape index (κ2) is 3.13. The third-order valence-electron chi connectivity index (χ3n) is 0.855. The van der Waals surface area contributed by atoms with Gasteiger partial charge in [0.2, 0.25) is 10.3 Å². The lowest BCUT2D eigenvalue weighted by atomic mass is 10.6. The number of anilines is 2. The first-order valence-electron chi connectivity index (χ1n) is 2.73. The number of hydrogen-bond acceptors (Lipinski definition) is 6. The fraction of sp³-hybridized carbons (Fsp3) is 0. The Bertz CT molecular complexity index is 322. The van der Waals surface area contributed by atoms with Crippen molar-refractivity contribution >= 4 is 33.5 Å². The predicted octanol–water partition coefficient (Wildman–Crippen LogP) is -0.857. The lowest BCUT2D eigenvalue weighted by molar-refractivity contribution is -0.147. The molecule has 12 heavy (non-hydrogen) atoms. The number of rotatable bonds is 1. The van der Waals surface area contributed by atoms with Gasteiger partial charge in [0.05, 0.1) is 0 Å². The first-order chi connectivity index (χ1) is 5.59. The standard InChI is InChI=1S/C4H4N4O3S/c5-3-7-8-4(12-3)6-1(9)2(10)11/h(H2,5,7)(H,10,11)(H,6,8,9). The summed E-state index contributed by atoms with van der Waals surface area (Å²) < 4.78 is 0. The molecule has 0 aromatic carbocycles. The molecule has 1 amide bonds. The Labute approximate surface area is 70.2 Å². The molecule has 7 nitrogen and oxygen atoms in total. The number of carboxylic acid groups (broad SMARTS) is 1. The maximum Gasteiger partial charge on any atom is 0.394 e. The number of aliphatic carboxylic acids is 1. The highest BCUT2D eigenvalue weighted by atomic mass is 32.1. The van der Waals surface area contributed by atoms with Gasteiger partial charge in [-0.15, -0.1) is 10.2 Å². The van der Waals surface area contributed by atoms with Crippen molar-refractivity contribution in [1.82, 2.24) is 10.2 Å². The van der Waals surface area contributed by atoms with E-state index in [0.29, 0.717) is 0 Å². The second-order valence-corrected chi connectivity index (χ2v) is 2.71. The highest BCUT2D eigenvalue weighted by molar-refractivity contribution is 7.19. The van der Waals surface area contributed by atoms with Crippen LogP contribution in [0.3, 0.4) is 0 Å². The number of carbonyl (C=O) groups excluding carboxylic acids is 1. The fourth-order valence-electron chi connectivity index (χ4n) is 0.436. The van der Waals surface area contributed by atoms with Crippen LogP contribution in [0.1, 0.15) is 0 Å². The van der Waals surface area contributed by atoms with Crippen molar-refractivity contribution in [2.45, 2.75) is 0 Å². The highest BCUT2D eigenvalue weighted by Gasteiger charge is 2.13. The number of nitrogens with one attached hydrogen (secondary N) is 1. The van der Waals surface area contributed by atoms with Crippen molar-refractivity contribution in [1.29, 1.82) is 0 Å². The molecule has 1 aromatic rings. The third kappa shape index (κ3) is 1.89. The van der Waals surface area contributed by atoms with Gasteiger partial charge in [-0.3, -0.25) is 10.1 Å². The largest absolute Gasteiger partial charge is 0.474 e. The molecule has 0 spiro atoms. The number of aromatic nitrogens is 2. The van der Waals surface area contributed by atoms with Crippen LogP contribution in [0, 0.1) is 0 Å². The number of nitrogen functional groups attached to an aromatic ring is 1.